The summed E-state index contributed by atoms with van der Waals surface area (Å²) in [4.78, 5) is 0. The van der Waals surface area contributed by atoms with Crippen molar-refractivity contribution in [1.82, 2.24) is 9.88 Å². The molecule has 20 heavy (non-hydrogen) atoms. The lowest BCUT2D eigenvalue weighted by Crippen LogP contribution is -2.15. The van der Waals surface area contributed by atoms with Crippen molar-refractivity contribution in [3.8, 4) is 0 Å². The molecule has 1 aromatic carbocycles. The van der Waals surface area contributed by atoms with E-state index < -0.39 is 0 Å². The van der Waals surface area contributed by atoms with Crippen LogP contribution in [0.2, 0.25) is 0 Å². The van der Waals surface area contributed by atoms with E-state index in [0.29, 0.717) is 10.5 Å². The fraction of sp³-hybridized carbons (Fsp3) is 0.375. The van der Waals surface area contributed by atoms with Crippen molar-refractivity contribution < 1.29 is 4.39 Å². The van der Waals surface area contributed by atoms with Crippen LogP contribution in [0.4, 0.5) is 4.39 Å². The standard InChI is InChI=1S/C16H20BrFN2/c1-3-4-16(19-2)13-7-8-20(11-13)10-12-5-6-15(18)14(17)9-12/h5-9,11,16,19H,3-4,10H2,1-2H3. The molecular weight excluding hydrogens is 319 g/mol. The molecule has 0 spiro atoms. The molecule has 1 N–H and O–H groups in total. The summed E-state index contributed by atoms with van der Waals surface area (Å²) >= 11 is 3.23. The Hall–Kier alpha value is -1.13. The average molecular weight is 339 g/mol. The highest BCUT2D eigenvalue weighted by atomic mass is 79.9. The van der Waals surface area contributed by atoms with Gasteiger partial charge in [0.05, 0.1) is 4.47 Å². The third-order valence-corrected chi connectivity index (χ3v) is 4.06. The van der Waals surface area contributed by atoms with Gasteiger partial charge < -0.3 is 9.88 Å². The third-order valence-electron chi connectivity index (χ3n) is 3.45. The second-order valence-corrected chi connectivity index (χ2v) is 5.85. The molecule has 0 amide bonds. The highest BCUT2D eigenvalue weighted by Crippen LogP contribution is 2.20. The summed E-state index contributed by atoms with van der Waals surface area (Å²) in [7, 11) is 1.99. The van der Waals surface area contributed by atoms with Gasteiger partial charge in [-0.25, -0.2) is 4.39 Å². The maximum Gasteiger partial charge on any atom is 0.137 e. The summed E-state index contributed by atoms with van der Waals surface area (Å²) in [5, 5.41) is 3.34. The molecule has 2 nitrogen and oxygen atoms in total. The fourth-order valence-electron chi connectivity index (χ4n) is 2.38. The fourth-order valence-corrected chi connectivity index (χ4v) is 2.81. The van der Waals surface area contributed by atoms with Crippen LogP contribution in [0.15, 0.2) is 41.1 Å². The molecule has 2 aromatic rings. The normalized spacial score (nSPS) is 12.6. The van der Waals surface area contributed by atoms with E-state index in [1.165, 1.54) is 11.6 Å². The summed E-state index contributed by atoms with van der Waals surface area (Å²) in [5.74, 6) is -0.222. The molecule has 1 unspecified atom stereocenters. The lowest BCUT2D eigenvalue weighted by atomic mass is 10.1. The Balaban J connectivity index is 2.10. The Labute approximate surface area is 128 Å². The SMILES string of the molecule is CCCC(NC)c1ccn(Cc2ccc(F)c(Br)c2)c1. The van der Waals surface area contributed by atoms with Gasteiger partial charge in [-0.15, -0.1) is 0 Å². The zero-order valence-corrected chi connectivity index (χ0v) is 13.5. The number of aromatic nitrogens is 1. The third kappa shape index (κ3) is 3.70. The van der Waals surface area contributed by atoms with Gasteiger partial charge in [-0.1, -0.05) is 19.4 Å². The molecule has 1 heterocycles. The summed E-state index contributed by atoms with van der Waals surface area (Å²) in [6.45, 7) is 2.94. The van der Waals surface area contributed by atoms with E-state index in [1.807, 2.05) is 19.2 Å². The van der Waals surface area contributed by atoms with E-state index in [0.717, 1.165) is 24.9 Å². The molecular formula is C16H20BrFN2. The first-order valence-electron chi connectivity index (χ1n) is 6.91. The minimum Gasteiger partial charge on any atom is -0.350 e. The van der Waals surface area contributed by atoms with Gasteiger partial charge in [-0.05, 0) is 58.7 Å². The Morgan fingerprint density at radius 3 is 2.80 bits per heavy atom. The number of hydrogen-bond acceptors (Lipinski definition) is 1. The molecule has 0 aliphatic carbocycles. The number of halogens is 2. The van der Waals surface area contributed by atoms with Crippen molar-refractivity contribution >= 4 is 15.9 Å². The molecule has 1 atom stereocenters. The number of rotatable bonds is 6. The molecule has 0 bridgehead atoms. The van der Waals surface area contributed by atoms with Gasteiger partial charge in [-0.3, -0.25) is 0 Å². The van der Waals surface area contributed by atoms with Crippen LogP contribution in [0.5, 0.6) is 0 Å². The van der Waals surface area contributed by atoms with Crippen molar-refractivity contribution in [1.29, 1.82) is 0 Å². The van der Waals surface area contributed by atoms with Crippen LogP contribution < -0.4 is 5.32 Å². The smallest absolute Gasteiger partial charge is 0.137 e. The van der Waals surface area contributed by atoms with Crippen molar-refractivity contribution in [3.63, 3.8) is 0 Å². The molecule has 0 fully saturated rings. The number of hydrogen-bond donors (Lipinski definition) is 1. The lowest BCUT2D eigenvalue weighted by molar-refractivity contribution is 0.540. The van der Waals surface area contributed by atoms with Crippen molar-refractivity contribution in [3.05, 3.63) is 58.1 Å². The minimum absolute atomic E-state index is 0.222. The summed E-state index contributed by atoms with van der Waals surface area (Å²) in [6.07, 6.45) is 6.52. The van der Waals surface area contributed by atoms with E-state index in [9.17, 15) is 4.39 Å². The molecule has 4 heteroatoms. The van der Waals surface area contributed by atoms with Gasteiger partial charge in [0, 0.05) is 25.0 Å². The Bertz CT molecular complexity index is 565. The summed E-state index contributed by atoms with van der Waals surface area (Å²) in [6, 6.07) is 7.70. The van der Waals surface area contributed by atoms with Gasteiger partial charge in [0.15, 0.2) is 0 Å². The topological polar surface area (TPSA) is 17.0 Å². The van der Waals surface area contributed by atoms with Crippen molar-refractivity contribution in [2.75, 3.05) is 7.05 Å². The number of nitrogens with zero attached hydrogens (tertiary/aromatic N) is 1. The maximum atomic E-state index is 13.2. The molecule has 2 rings (SSSR count). The Morgan fingerprint density at radius 1 is 1.35 bits per heavy atom. The Morgan fingerprint density at radius 2 is 2.15 bits per heavy atom. The van der Waals surface area contributed by atoms with Gasteiger partial charge >= 0.3 is 0 Å². The molecule has 0 radical (unpaired) electrons. The monoisotopic (exact) mass is 338 g/mol. The summed E-state index contributed by atoms with van der Waals surface area (Å²) in [5.41, 5.74) is 2.38. The minimum atomic E-state index is -0.222. The first-order chi connectivity index (χ1) is 9.63. The molecule has 1 aromatic heterocycles. The van der Waals surface area contributed by atoms with E-state index in [1.54, 1.807) is 0 Å². The van der Waals surface area contributed by atoms with Gasteiger partial charge in [-0.2, -0.15) is 0 Å². The van der Waals surface area contributed by atoms with E-state index in [-0.39, 0.29) is 5.82 Å². The lowest BCUT2D eigenvalue weighted by Gasteiger charge is -2.13. The van der Waals surface area contributed by atoms with Gasteiger partial charge in [0.25, 0.3) is 0 Å². The molecule has 0 aliphatic rings. The zero-order valence-electron chi connectivity index (χ0n) is 11.9. The maximum absolute atomic E-state index is 13.2. The van der Waals surface area contributed by atoms with Crippen molar-refractivity contribution in [2.24, 2.45) is 0 Å². The quantitative estimate of drug-likeness (QED) is 0.820. The van der Waals surface area contributed by atoms with Crippen LogP contribution in [0.1, 0.15) is 36.9 Å². The number of nitrogens with one attached hydrogen (secondary N) is 1. The van der Waals surface area contributed by atoms with Crippen LogP contribution in [-0.4, -0.2) is 11.6 Å². The zero-order chi connectivity index (χ0) is 14.5. The first-order valence-corrected chi connectivity index (χ1v) is 7.70. The molecule has 0 saturated heterocycles. The van der Waals surface area contributed by atoms with Crippen LogP contribution in [0.3, 0.4) is 0 Å². The van der Waals surface area contributed by atoms with Crippen LogP contribution in [0.25, 0.3) is 0 Å². The number of benzene rings is 1. The Kier molecular flexibility index (Phi) is 5.38. The van der Waals surface area contributed by atoms with Gasteiger partial charge in [0.2, 0.25) is 0 Å². The second kappa shape index (κ2) is 7.04. The highest BCUT2D eigenvalue weighted by Gasteiger charge is 2.09. The first kappa shape index (κ1) is 15.3. The molecule has 0 aliphatic heterocycles. The van der Waals surface area contributed by atoms with E-state index >= 15 is 0 Å². The van der Waals surface area contributed by atoms with Crippen molar-refractivity contribution in [2.45, 2.75) is 32.4 Å². The molecule has 108 valence electrons. The van der Waals surface area contributed by atoms with E-state index in [2.05, 4.69) is 51.2 Å². The van der Waals surface area contributed by atoms with Crippen LogP contribution >= 0.6 is 15.9 Å². The largest absolute Gasteiger partial charge is 0.350 e. The van der Waals surface area contributed by atoms with Gasteiger partial charge in [0.1, 0.15) is 5.82 Å². The highest BCUT2D eigenvalue weighted by molar-refractivity contribution is 9.10. The second-order valence-electron chi connectivity index (χ2n) is 5.00. The molecule has 0 saturated carbocycles. The summed E-state index contributed by atoms with van der Waals surface area (Å²) < 4.78 is 15.9. The van der Waals surface area contributed by atoms with E-state index in [4.69, 9.17) is 0 Å². The van der Waals surface area contributed by atoms with Crippen LogP contribution in [0, 0.1) is 5.82 Å². The van der Waals surface area contributed by atoms with Crippen LogP contribution in [-0.2, 0) is 6.54 Å². The predicted molar refractivity (Wildman–Crippen MR) is 84.3 cm³/mol. The average Bonchev–Trinajstić information content (AvgIpc) is 2.88. The predicted octanol–water partition coefficient (Wildman–Crippen LogP) is 4.50.